The lowest BCUT2D eigenvalue weighted by atomic mass is 9.78. The lowest BCUT2D eigenvalue weighted by molar-refractivity contribution is -0.116. The van der Waals surface area contributed by atoms with E-state index in [0.29, 0.717) is 17.7 Å². The van der Waals surface area contributed by atoms with Crippen molar-refractivity contribution in [3.8, 4) is 5.75 Å². The van der Waals surface area contributed by atoms with Crippen molar-refractivity contribution in [1.29, 1.82) is 0 Å². The Hall–Kier alpha value is -3.75. The zero-order valence-electron chi connectivity index (χ0n) is 16.5. The van der Waals surface area contributed by atoms with Gasteiger partial charge in [-0.05, 0) is 46.4 Å². The molecule has 0 fully saturated rings. The van der Waals surface area contributed by atoms with Crippen LogP contribution >= 0.6 is 0 Å². The maximum absolute atomic E-state index is 14.7. The number of methoxy groups -OCH3 is 1. The number of fused-ring (bicyclic) bond motifs is 1. The standard InChI is InChI=1S/C22H18F2N4O3/c1-30-13-7-5-11(6-8-13)12-9-16-18(17(29)10-12)20(14-3-2-4-15(23)19(14)24)26-22-21(25-16)27-31-28-22/h2-8,12,20H,9-10H2,1H3,(H,25,27)(H,26,28)/t12-,20-/m1/s1. The maximum atomic E-state index is 14.7. The van der Waals surface area contributed by atoms with E-state index in [4.69, 9.17) is 9.37 Å². The normalized spacial score (nSPS) is 20.3. The summed E-state index contributed by atoms with van der Waals surface area (Å²) in [5, 5.41) is 13.7. The van der Waals surface area contributed by atoms with Gasteiger partial charge in [0.2, 0.25) is 11.6 Å². The number of rotatable bonds is 3. The molecule has 7 nitrogen and oxygen atoms in total. The fraction of sp³-hybridized carbons (Fsp3) is 0.227. The molecule has 0 saturated carbocycles. The van der Waals surface area contributed by atoms with Gasteiger partial charge in [-0.3, -0.25) is 4.79 Å². The van der Waals surface area contributed by atoms with E-state index >= 15 is 0 Å². The predicted octanol–water partition coefficient (Wildman–Crippen LogP) is 4.34. The van der Waals surface area contributed by atoms with E-state index in [1.807, 2.05) is 24.3 Å². The minimum atomic E-state index is -1.02. The van der Waals surface area contributed by atoms with E-state index in [2.05, 4.69) is 20.9 Å². The molecule has 2 aliphatic rings. The molecular formula is C22H18F2N4O3. The minimum Gasteiger partial charge on any atom is -0.497 e. The van der Waals surface area contributed by atoms with Crippen LogP contribution in [0.15, 0.2) is 58.4 Å². The average molecular weight is 424 g/mol. The minimum absolute atomic E-state index is 0.0152. The van der Waals surface area contributed by atoms with E-state index in [1.165, 1.54) is 12.1 Å². The Kier molecular flexibility index (Phi) is 4.65. The fourth-order valence-electron chi connectivity index (χ4n) is 4.19. The lowest BCUT2D eigenvalue weighted by Gasteiger charge is -2.29. The molecule has 1 aromatic heterocycles. The van der Waals surface area contributed by atoms with Gasteiger partial charge in [0.25, 0.3) is 0 Å². The molecule has 3 aromatic rings. The summed E-state index contributed by atoms with van der Waals surface area (Å²) in [7, 11) is 1.59. The highest BCUT2D eigenvalue weighted by Crippen LogP contribution is 2.44. The number of ketones is 1. The van der Waals surface area contributed by atoms with Gasteiger partial charge in [0.15, 0.2) is 17.4 Å². The van der Waals surface area contributed by atoms with E-state index in [-0.39, 0.29) is 35.3 Å². The molecule has 1 aliphatic heterocycles. The van der Waals surface area contributed by atoms with Crippen LogP contribution in [0.1, 0.15) is 35.9 Å². The molecule has 1 aliphatic carbocycles. The Balaban J connectivity index is 1.59. The van der Waals surface area contributed by atoms with E-state index in [1.54, 1.807) is 7.11 Å². The number of aromatic nitrogens is 2. The van der Waals surface area contributed by atoms with Gasteiger partial charge >= 0.3 is 0 Å². The molecule has 9 heteroatoms. The Bertz CT molecular complexity index is 1190. The second-order valence-corrected chi connectivity index (χ2v) is 7.50. The molecule has 0 saturated heterocycles. The first-order valence-corrected chi connectivity index (χ1v) is 9.75. The second-order valence-electron chi connectivity index (χ2n) is 7.50. The van der Waals surface area contributed by atoms with Gasteiger partial charge in [0, 0.05) is 23.3 Å². The highest BCUT2D eigenvalue weighted by atomic mass is 19.2. The molecule has 0 spiro atoms. The third kappa shape index (κ3) is 3.31. The first kappa shape index (κ1) is 19.2. The molecule has 5 rings (SSSR count). The highest BCUT2D eigenvalue weighted by Gasteiger charge is 2.38. The van der Waals surface area contributed by atoms with Crippen LogP contribution in [-0.2, 0) is 4.79 Å². The number of nitrogens with one attached hydrogen (secondary N) is 2. The number of anilines is 2. The maximum Gasteiger partial charge on any atom is 0.219 e. The average Bonchev–Trinajstić information content (AvgIpc) is 3.14. The van der Waals surface area contributed by atoms with Crippen LogP contribution in [0.5, 0.6) is 5.75 Å². The van der Waals surface area contributed by atoms with Gasteiger partial charge in [0.1, 0.15) is 5.75 Å². The van der Waals surface area contributed by atoms with Gasteiger partial charge in [-0.15, -0.1) is 0 Å². The van der Waals surface area contributed by atoms with E-state index in [0.717, 1.165) is 17.4 Å². The Morgan fingerprint density at radius 3 is 2.61 bits per heavy atom. The van der Waals surface area contributed by atoms with Crippen molar-refractivity contribution < 1.29 is 22.9 Å². The first-order valence-electron chi connectivity index (χ1n) is 9.75. The number of allylic oxidation sites excluding steroid dienone is 1. The van der Waals surface area contributed by atoms with Crippen LogP contribution < -0.4 is 15.4 Å². The number of ether oxygens (including phenoxy) is 1. The molecule has 2 heterocycles. The Morgan fingerprint density at radius 1 is 1.06 bits per heavy atom. The Labute approximate surface area is 176 Å². The van der Waals surface area contributed by atoms with Gasteiger partial charge in [-0.1, -0.05) is 24.3 Å². The van der Waals surface area contributed by atoms with Crippen LogP contribution in [0, 0.1) is 11.6 Å². The SMILES string of the molecule is COc1ccc([C@H]2CC(=O)C3=C(C2)Nc2nonc2N[C@@H]3c2cccc(F)c2F)cc1. The van der Waals surface area contributed by atoms with Crippen molar-refractivity contribution in [2.45, 2.75) is 24.8 Å². The summed E-state index contributed by atoms with van der Waals surface area (Å²) in [4.78, 5) is 13.3. The number of carbonyl (C=O) groups excluding carboxylic acids is 1. The monoisotopic (exact) mass is 424 g/mol. The highest BCUT2D eigenvalue weighted by molar-refractivity contribution is 6.00. The van der Waals surface area contributed by atoms with Gasteiger partial charge in [-0.25, -0.2) is 13.4 Å². The smallest absolute Gasteiger partial charge is 0.219 e. The summed E-state index contributed by atoms with van der Waals surface area (Å²) >= 11 is 0. The third-order valence-corrected chi connectivity index (χ3v) is 5.72. The van der Waals surface area contributed by atoms with Gasteiger partial charge in [0.05, 0.1) is 13.2 Å². The molecule has 158 valence electrons. The van der Waals surface area contributed by atoms with Crippen molar-refractivity contribution in [1.82, 2.24) is 10.3 Å². The molecule has 2 atom stereocenters. The van der Waals surface area contributed by atoms with Crippen LogP contribution in [0.25, 0.3) is 0 Å². The van der Waals surface area contributed by atoms with Crippen LogP contribution in [-0.4, -0.2) is 23.2 Å². The largest absolute Gasteiger partial charge is 0.497 e. The lowest BCUT2D eigenvalue weighted by Crippen LogP contribution is -2.27. The summed E-state index contributed by atoms with van der Waals surface area (Å²) in [6, 6.07) is 10.5. The molecular weight excluding hydrogens is 406 g/mol. The number of carbonyl (C=O) groups is 1. The van der Waals surface area contributed by atoms with Crippen molar-refractivity contribution >= 4 is 17.4 Å². The third-order valence-electron chi connectivity index (χ3n) is 5.72. The zero-order valence-corrected chi connectivity index (χ0v) is 16.5. The van der Waals surface area contributed by atoms with Crippen molar-refractivity contribution in [3.05, 3.63) is 76.5 Å². The number of hydrogen-bond donors (Lipinski definition) is 2. The van der Waals surface area contributed by atoms with Crippen LogP contribution in [0.2, 0.25) is 0 Å². The molecule has 0 bridgehead atoms. The van der Waals surface area contributed by atoms with Crippen molar-refractivity contribution in [2.24, 2.45) is 0 Å². The molecule has 2 aromatic carbocycles. The number of hydrogen-bond acceptors (Lipinski definition) is 7. The van der Waals surface area contributed by atoms with E-state index < -0.39 is 17.7 Å². The summed E-state index contributed by atoms with van der Waals surface area (Å²) in [5.41, 5.74) is 1.91. The molecule has 31 heavy (non-hydrogen) atoms. The number of halogens is 2. The predicted molar refractivity (Wildman–Crippen MR) is 108 cm³/mol. The summed E-state index contributed by atoms with van der Waals surface area (Å²) < 4.78 is 38.6. The van der Waals surface area contributed by atoms with Crippen molar-refractivity contribution in [2.75, 3.05) is 17.7 Å². The van der Waals surface area contributed by atoms with Gasteiger partial charge < -0.3 is 15.4 Å². The zero-order chi connectivity index (χ0) is 21.5. The summed E-state index contributed by atoms with van der Waals surface area (Å²) in [6.07, 6.45) is 0.715. The summed E-state index contributed by atoms with van der Waals surface area (Å²) in [5.74, 6) is -1.04. The molecule has 2 N–H and O–H groups in total. The van der Waals surface area contributed by atoms with Crippen LogP contribution in [0.3, 0.4) is 0 Å². The topological polar surface area (TPSA) is 89.3 Å². The first-order chi connectivity index (χ1) is 15.0. The van der Waals surface area contributed by atoms with Gasteiger partial charge in [-0.2, -0.15) is 0 Å². The number of Topliss-reactive ketones (excluding diaryl/α,β-unsaturated/α-hetero) is 1. The number of nitrogens with zero attached hydrogens (tertiary/aromatic N) is 2. The van der Waals surface area contributed by atoms with E-state index in [9.17, 15) is 13.6 Å². The van der Waals surface area contributed by atoms with Crippen molar-refractivity contribution in [3.63, 3.8) is 0 Å². The number of benzene rings is 2. The molecule has 0 amide bonds. The quantitative estimate of drug-likeness (QED) is 0.647. The molecule has 0 unspecified atom stereocenters. The second kappa shape index (κ2) is 7.50. The fourth-order valence-corrected chi connectivity index (χ4v) is 4.19. The Morgan fingerprint density at radius 2 is 1.84 bits per heavy atom. The van der Waals surface area contributed by atoms with Crippen LogP contribution in [0.4, 0.5) is 20.4 Å². The molecule has 0 radical (unpaired) electrons. The summed E-state index contributed by atoms with van der Waals surface area (Å²) in [6.45, 7) is 0.